The van der Waals surface area contributed by atoms with Crippen molar-refractivity contribution in [3.63, 3.8) is 0 Å². The maximum atomic E-state index is 12.0. The molecular formula is C44H70O16. The summed E-state index contributed by atoms with van der Waals surface area (Å²) in [6.45, 7) is 10.5. The normalized spacial score (nSPS) is 57.9. The summed E-state index contributed by atoms with van der Waals surface area (Å²) in [6.07, 6.45) is -9.18. The number of ether oxygens (including phenoxy) is 8. The molecule has 8 fully saturated rings. The van der Waals surface area contributed by atoms with E-state index in [1.807, 2.05) is 0 Å². The first-order valence-corrected chi connectivity index (χ1v) is 22.8. The third kappa shape index (κ3) is 7.10. The first kappa shape index (κ1) is 44.3. The topological polar surface area (TPSA) is 236 Å². The van der Waals surface area contributed by atoms with Crippen LogP contribution in [0.5, 0.6) is 0 Å². The molecule has 9 rings (SSSR count). The third-order valence-electron chi connectivity index (χ3n) is 17.3. The van der Waals surface area contributed by atoms with Gasteiger partial charge in [0.2, 0.25) is 0 Å². The molecule has 16 heteroatoms. The molecule has 9 aliphatic rings. The van der Waals surface area contributed by atoms with Crippen molar-refractivity contribution in [3.05, 3.63) is 11.6 Å². The Morgan fingerprint density at radius 2 is 1.37 bits per heavy atom. The standard InChI is InChI=1S/C44H70O16/c1-19-29-27(60-44(19)12-6-7-15-53-44)17-26-24-9-8-22-16-23(10-13-42(22,4)25(24)11-14-43(26,29)5)56-41-38(59-40-35(51)33(49)31(47)21(3)55-40)36(52)37(28(18-45)57-41)58-39-34(50)32(48)30(46)20(2)54-39/h8,19-21,23-41,45-52H,6-7,9-18H2,1-5H3. The van der Waals surface area contributed by atoms with E-state index >= 15 is 0 Å². The SMILES string of the molecule is CC1OC(OC2C(CO)OC(OC3CCC4(C)C(=CCC5C4CCC4(C)C5CC5OC6(CCCCO6)C(C)C54)C3)C(OC3OC(C)C(O)C(O)C3O)C2O)C(O)C(O)C1O. The van der Waals surface area contributed by atoms with E-state index < -0.39 is 105 Å². The molecule has 16 nitrogen and oxygen atoms in total. The Morgan fingerprint density at radius 3 is 2.00 bits per heavy atom. The molecule has 0 radical (unpaired) electrons. The lowest BCUT2D eigenvalue weighted by Gasteiger charge is -2.58. The van der Waals surface area contributed by atoms with Crippen molar-refractivity contribution in [1.82, 2.24) is 0 Å². The van der Waals surface area contributed by atoms with E-state index in [4.69, 9.17) is 37.9 Å². The largest absolute Gasteiger partial charge is 0.394 e. The highest BCUT2D eigenvalue weighted by Crippen LogP contribution is 2.70. The van der Waals surface area contributed by atoms with Crippen LogP contribution in [0.2, 0.25) is 0 Å². The molecule has 0 aromatic carbocycles. The predicted molar refractivity (Wildman–Crippen MR) is 208 cm³/mol. The average Bonchev–Trinajstić information content (AvgIpc) is 3.67. The Morgan fingerprint density at radius 1 is 0.700 bits per heavy atom. The van der Waals surface area contributed by atoms with Crippen LogP contribution in [-0.2, 0) is 37.9 Å². The number of aliphatic hydroxyl groups excluding tert-OH is 8. The quantitative estimate of drug-likeness (QED) is 0.167. The summed E-state index contributed by atoms with van der Waals surface area (Å²) >= 11 is 0. The number of fused-ring (bicyclic) bond motifs is 7. The van der Waals surface area contributed by atoms with Crippen LogP contribution in [0.15, 0.2) is 11.6 Å². The number of hydrogen-bond acceptors (Lipinski definition) is 16. The van der Waals surface area contributed by atoms with Crippen LogP contribution in [0, 0.1) is 40.4 Å². The molecule has 25 atom stereocenters. The van der Waals surface area contributed by atoms with Gasteiger partial charge in [-0.2, -0.15) is 0 Å². The van der Waals surface area contributed by atoms with Gasteiger partial charge in [0.05, 0.1) is 37.6 Å². The fourth-order valence-corrected chi connectivity index (χ4v) is 13.9. The molecule has 342 valence electrons. The van der Waals surface area contributed by atoms with Crippen molar-refractivity contribution in [2.75, 3.05) is 13.2 Å². The molecule has 0 aromatic rings. The zero-order chi connectivity index (χ0) is 42.6. The van der Waals surface area contributed by atoms with Gasteiger partial charge in [0.15, 0.2) is 24.7 Å². The fraction of sp³-hybridized carbons (Fsp3) is 0.955. The second kappa shape index (κ2) is 16.5. The number of aliphatic hydroxyl groups is 8. The molecule has 25 unspecified atom stereocenters. The van der Waals surface area contributed by atoms with Crippen LogP contribution in [0.25, 0.3) is 0 Å². The molecule has 5 saturated heterocycles. The molecule has 0 amide bonds. The predicted octanol–water partition coefficient (Wildman–Crippen LogP) is 0.996. The molecule has 0 bridgehead atoms. The van der Waals surface area contributed by atoms with Crippen molar-refractivity contribution >= 4 is 0 Å². The summed E-state index contributed by atoms with van der Waals surface area (Å²) in [5, 5.41) is 85.8. The van der Waals surface area contributed by atoms with E-state index in [0.29, 0.717) is 42.4 Å². The second-order valence-corrected chi connectivity index (χ2v) is 20.4. The van der Waals surface area contributed by atoms with Crippen LogP contribution >= 0.6 is 0 Å². The molecule has 0 aromatic heterocycles. The maximum Gasteiger partial charge on any atom is 0.187 e. The number of hydrogen-bond donors (Lipinski definition) is 8. The van der Waals surface area contributed by atoms with Gasteiger partial charge in [0, 0.05) is 12.3 Å². The minimum atomic E-state index is -1.71. The van der Waals surface area contributed by atoms with Gasteiger partial charge in [0.1, 0.15) is 61.0 Å². The minimum absolute atomic E-state index is 0.0132. The zero-order valence-electron chi connectivity index (χ0n) is 35.6. The first-order valence-electron chi connectivity index (χ1n) is 22.8. The molecule has 4 aliphatic carbocycles. The lowest BCUT2D eigenvalue weighted by Crippen LogP contribution is -2.66. The van der Waals surface area contributed by atoms with Gasteiger partial charge in [-0.15, -0.1) is 0 Å². The van der Waals surface area contributed by atoms with Crippen LogP contribution in [-0.4, -0.2) is 164 Å². The Balaban J connectivity index is 0.920. The van der Waals surface area contributed by atoms with Crippen LogP contribution < -0.4 is 0 Å². The van der Waals surface area contributed by atoms with Crippen LogP contribution in [0.4, 0.5) is 0 Å². The molecule has 5 heterocycles. The highest BCUT2D eigenvalue weighted by atomic mass is 16.8. The van der Waals surface area contributed by atoms with E-state index in [0.717, 1.165) is 51.6 Å². The van der Waals surface area contributed by atoms with Gasteiger partial charge >= 0.3 is 0 Å². The molecule has 8 N–H and O–H groups in total. The van der Waals surface area contributed by atoms with E-state index in [-0.39, 0.29) is 23.0 Å². The monoisotopic (exact) mass is 854 g/mol. The molecular weight excluding hydrogens is 784 g/mol. The summed E-state index contributed by atoms with van der Waals surface area (Å²) in [6, 6.07) is 0. The van der Waals surface area contributed by atoms with Crippen molar-refractivity contribution < 1.29 is 78.7 Å². The highest BCUT2D eigenvalue weighted by molar-refractivity contribution is 5.26. The van der Waals surface area contributed by atoms with Crippen molar-refractivity contribution in [2.24, 2.45) is 40.4 Å². The smallest absolute Gasteiger partial charge is 0.187 e. The summed E-state index contributed by atoms with van der Waals surface area (Å²) in [5.41, 5.74) is 1.55. The molecule has 60 heavy (non-hydrogen) atoms. The van der Waals surface area contributed by atoms with Crippen molar-refractivity contribution in [3.8, 4) is 0 Å². The fourth-order valence-electron chi connectivity index (χ4n) is 13.9. The van der Waals surface area contributed by atoms with E-state index in [1.165, 1.54) is 25.8 Å². The second-order valence-electron chi connectivity index (χ2n) is 20.4. The lowest BCUT2D eigenvalue weighted by atomic mass is 9.47. The van der Waals surface area contributed by atoms with Crippen LogP contribution in [0.3, 0.4) is 0 Å². The zero-order valence-corrected chi connectivity index (χ0v) is 35.6. The minimum Gasteiger partial charge on any atom is -0.394 e. The van der Waals surface area contributed by atoms with Gasteiger partial charge in [-0.25, -0.2) is 0 Å². The third-order valence-corrected chi connectivity index (χ3v) is 17.3. The summed E-state index contributed by atoms with van der Waals surface area (Å²) in [4.78, 5) is 0. The van der Waals surface area contributed by atoms with Gasteiger partial charge in [-0.05, 0) is 106 Å². The van der Waals surface area contributed by atoms with Crippen molar-refractivity contribution in [2.45, 2.75) is 209 Å². The average molecular weight is 855 g/mol. The Bertz CT molecular complexity index is 1560. The summed E-state index contributed by atoms with van der Waals surface area (Å²) < 4.78 is 50.0. The van der Waals surface area contributed by atoms with Gasteiger partial charge in [-0.3, -0.25) is 0 Å². The molecule has 5 aliphatic heterocycles. The van der Waals surface area contributed by atoms with E-state index in [9.17, 15) is 40.9 Å². The van der Waals surface area contributed by atoms with Gasteiger partial charge in [0.25, 0.3) is 0 Å². The Kier molecular flexibility index (Phi) is 12.2. The van der Waals surface area contributed by atoms with Crippen LogP contribution in [0.1, 0.15) is 98.8 Å². The lowest BCUT2D eigenvalue weighted by molar-refractivity contribution is -0.388. The molecule has 1 spiro atoms. The van der Waals surface area contributed by atoms with Crippen molar-refractivity contribution in [1.29, 1.82) is 0 Å². The number of rotatable bonds is 7. The Hall–Kier alpha value is -0.900. The first-order chi connectivity index (χ1) is 28.5. The Labute approximate surface area is 352 Å². The van der Waals surface area contributed by atoms with E-state index in [1.54, 1.807) is 0 Å². The van der Waals surface area contributed by atoms with Gasteiger partial charge in [-0.1, -0.05) is 32.4 Å². The molecule has 3 saturated carbocycles. The van der Waals surface area contributed by atoms with Gasteiger partial charge < -0.3 is 78.7 Å². The van der Waals surface area contributed by atoms with E-state index in [2.05, 4.69) is 26.8 Å². The maximum absolute atomic E-state index is 12.0. The highest BCUT2D eigenvalue weighted by Gasteiger charge is 2.68. The summed E-state index contributed by atoms with van der Waals surface area (Å²) in [7, 11) is 0. The number of allylic oxidation sites excluding steroid dienone is 1. The summed E-state index contributed by atoms with van der Waals surface area (Å²) in [5.74, 6) is 2.12.